The van der Waals surface area contributed by atoms with Gasteiger partial charge in [-0.1, -0.05) is 28.1 Å². The van der Waals surface area contributed by atoms with Gasteiger partial charge < -0.3 is 14.3 Å². The van der Waals surface area contributed by atoms with Crippen molar-refractivity contribution in [3.05, 3.63) is 57.3 Å². The van der Waals surface area contributed by atoms with Crippen LogP contribution in [0.3, 0.4) is 0 Å². The second kappa shape index (κ2) is 5.42. The molecule has 0 atom stereocenters. The molecule has 0 fully saturated rings. The van der Waals surface area contributed by atoms with Crippen molar-refractivity contribution < 1.29 is 4.74 Å². The van der Waals surface area contributed by atoms with Gasteiger partial charge in [0.15, 0.2) is 4.77 Å². The third kappa shape index (κ3) is 2.51. The average molecular weight is 349 g/mol. The van der Waals surface area contributed by atoms with Crippen LogP contribution in [0, 0.1) is 4.77 Å². The summed E-state index contributed by atoms with van der Waals surface area (Å²) in [7, 11) is 1.67. The first-order valence-corrected chi connectivity index (χ1v) is 7.38. The van der Waals surface area contributed by atoms with Crippen molar-refractivity contribution >= 4 is 39.2 Å². The number of H-pyrrole nitrogens is 1. The van der Waals surface area contributed by atoms with Gasteiger partial charge in [0, 0.05) is 10.5 Å². The summed E-state index contributed by atoms with van der Waals surface area (Å²) in [4.78, 5) is 3.22. The largest absolute Gasteiger partial charge is 0.497 e. The van der Waals surface area contributed by atoms with Gasteiger partial charge in [0.25, 0.3) is 0 Å². The SMILES string of the molecule is COc1ccc2[nH]c(=S)n(Cc3ccc(Br)cc3)c2c1. The number of ether oxygens (including phenoxy) is 1. The molecule has 0 aliphatic heterocycles. The number of imidazole rings is 1. The van der Waals surface area contributed by atoms with E-state index in [1.165, 1.54) is 5.56 Å². The maximum absolute atomic E-state index is 5.41. The predicted molar refractivity (Wildman–Crippen MR) is 86.9 cm³/mol. The topological polar surface area (TPSA) is 29.9 Å². The van der Waals surface area contributed by atoms with E-state index in [0.29, 0.717) is 0 Å². The minimum Gasteiger partial charge on any atom is -0.497 e. The molecule has 0 bridgehead atoms. The lowest BCUT2D eigenvalue weighted by Gasteiger charge is -2.06. The van der Waals surface area contributed by atoms with Gasteiger partial charge >= 0.3 is 0 Å². The number of hydrogen-bond acceptors (Lipinski definition) is 2. The molecule has 0 radical (unpaired) electrons. The monoisotopic (exact) mass is 348 g/mol. The summed E-state index contributed by atoms with van der Waals surface area (Å²) >= 11 is 8.86. The highest BCUT2D eigenvalue weighted by atomic mass is 79.9. The lowest BCUT2D eigenvalue weighted by molar-refractivity contribution is 0.415. The first kappa shape index (κ1) is 13.4. The van der Waals surface area contributed by atoms with E-state index in [4.69, 9.17) is 17.0 Å². The Kier molecular flexibility index (Phi) is 3.63. The van der Waals surface area contributed by atoms with Crippen LogP contribution < -0.4 is 4.74 Å². The number of methoxy groups -OCH3 is 1. The second-order valence-corrected chi connectivity index (χ2v) is 5.83. The maximum Gasteiger partial charge on any atom is 0.178 e. The van der Waals surface area contributed by atoms with E-state index in [0.717, 1.165) is 32.6 Å². The first-order chi connectivity index (χ1) is 9.67. The van der Waals surface area contributed by atoms with E-state index < -0.39 is 0 Å². The summed E-state index contributed by atoms with van der Waals surface area (Å²) < 4.78 is 9.16. The van der Waals surface area contributed by atoms with Crippen molar-refractivity contribution in [2.45, 2.75) is 6.54 Å². The minimum atomic E-state index is 0.719. The Morgan fingerprint density at radius 1 is 1.20 bits per heavy atom. The first-order valence-electron chi connectivity index (χ1n) is 6.18. The van der Waals surface area contributed by atoms with Crippen LogP contribution in [0.15, 0.2) is 46.9 Å². The zero-order valence-electron chi connectivity index (χ0n) is 10.9. The molecule has 0 aliphatic rings. The lowest BCUT2D eigenvalue weighted by atomic mass is 10.2. The van der Waals surface area contributed by atoms with Crippen LogP contribution in [-0.2, 0) is 6.54 Å². The van der Waals surface area contributed by atoms with Crippen molar-refractivity contribution in [1.29, 1.82) is 0 Å². The predicted octanol–water partition coefficient (Wildman–Crippen LogP) is 4.52. The third-order valence-corrected chi connectivity index (χ3v) is 4.09. The highest BCUT2D eigenvalue weighted by molar-refractivity contribution is 9.10. The molecule has 0 aliphatic carbocycles. The van der Waals surface area contributed by atoms with Crippen LogP contribution in [0.2, 0.25) is 0 Å². The van der Waals surface area contributed by atoms with Gasteiger partial charge in [-0.15, -0.1) is 0 Å². The van der Waals surface area contributed by atoms with Crippen LogP contribution in [-0.4, -0.2) is 16.7 Å². The molecule has 3 aromatic rings. The summed E-state index contributed by atoms with van der Waals surface area (Å²) in [5.41, 5.74) is 3.28. The molecule has 3 rings (SSSR count). The highest BCUT2D eigenvalue weighted by Gasteiger charge is 2.06. The van der Waals surface area contributed by atoms with Crippen molar-refractivity contribution in [3.63, 3.8) is 0 Å². The van der Waals surface area contributed by atoms with Crippen LogP contribution >= 0.6 is 28.1 Å². The van der Waals surface area contributed by atoms with Gasteiger partial charge in [-0.05, 0) is 42.0 Å². The van der Waals surface area contributed by atoms with Gasteiger partial charge in [-0.2, -0.15) is 0 Å². The minimum absolute atomic E-state index is 0.719. The summed E-state index contributed by atoms with van der Waals surface area (Å²) in [6.07, 6.45) is 0. The molecule has 0 spiro atoms. The fourth-order valence-electron chi connectivity index (χ4n) is 2.19. The summed E-state index contributed by atoms with van der Waals surface area (Å²) in [6, 6.07) is 14.2. The lowest BCUT2D eigenvalue weighted by Crippen LogP contribution is -1.99. The number of benzene rings is 2. The molecule has 1 heterocycles. The van der Waals surface area contributed by atoms with E-state index >= 15 is 0 Å². The molecular weight excluding hydrogens is 336 g/mol. The van der Waals surface area contributed by atoms with E-state index in [9.17, 15) is 0 Å². The molecular formula is C15H13BrN2OS. The molecule has 0 unspecified atom stereocenters. The smallest absolute Gasteiger partial charge is 0.178 e. The van der Waals surface area contributed by atoms with Crippen LogP contribution in [0.4, 0.5) is 0 Å². The highest BCUT2D eigenvalue weighted by Crippen LogP contribution is 2.22. The quantitative estimate of drug-likeness (QED) is 0.705. The van der Waals surface area contributed by atoms with Gasteiger partial charge in [0.05, 0.1) is 24.7 Å². The Balaban J connectivity index is 2.08. The zero-order valence-corrected chi connectivity index (χ0v) is 13.3. The normalized spacial score (nSPS) is 10.9. The Bertz CT molecular complexity index is 805. The molecule has 102 valence electrons. The third-order valence-electron chi connectivity index (χ3n) is 3.24. The zero-order chi connectivity index (χ0) is 14.1. The molecule has 0 amide bonds. The Labute approximate surface area is 130 Å². The van der Waals surface area contributed by atoms with Gasteiger partial charge in [0.2, 0.25) is 0 Å². The van der Waals surface area contributed by atoms with E-state index in [1.807, 2.05) is 30.3 Å². The van der Waals surface area contributed by atoms with Gasteiger partial charge in [-0.3, -0.25) is 0 Å². The Morgan fingerprint density at radius 3 is 2.65 bits per heavy atom. The molecule has 0 saturated heterocycles. The number of aromatic nitrogens is 2. The van der Waals surface area contributed by atoms with Crippen molar-refractivity contribution in [1.82, 2.24) is 9.55 Å². The maximum atomic E-state index is 5.41. The molecule has 20 heavy (non-hydrogen) atoms. The fourth-order valence-corrected chi connectivity index (χ4v) is 2.73. The van der Waals surface area contributed by atoms with Crippen LogP contribution in [0.1, 0.15) is 5.56 Å². The fraction of sp³-hybridized carbons (Fsp3) is 0.133. The number of nitrogens with zero attached hydrogens (tertiary/aromatic N) is 1. The summed E-state index contributed by atoms with van der Waals surface area (Å²) in [5, 5.41) is 0. The molecule has 0 saturated carbocycles. The van der Waals surface area contributed by atoms with Gasteiger partial charge in [-0.25, -0.2) is 0 Å². The molecule has 3 nitrogen and oxygen atoms in total. The van der Waals surface area contributed by atoms with Crippen molar-refractivity contribution in [3.8, 4) is 5.75 Å². The molecule has 1 N–H and O–H groups in total. The van der Waals surface area contributed by atoms with Gasteiger partial charge in [0.1, 0.15) is 5.75 Å². The number of aromatic amines is 1. The standard InChI is InChI=1S/C15H13BrN2OS/c1-19-12-6-7-13-14(8-12)18(15(20)17-13)9-10-2-4-11(16)5-3-10/h2-8H,9H2,1H3,(H,17,20). The average Bonchev–Trinajstić information content (AvgIpc) is 2.77. The van der Waals surface area contributed by atoms with E-state index in [2.05, 4.69) is 37.6 Å². The molecule has 5 heteroatoms. The number of halogens is 1. The molecule has 2 aromatic carbocycles. The van der Waals surface area contributed by atoms with Crippen LogP contribution in [0.25, 0.3) is 11.0 Å². The van der Waals surface area contributed by atoms with E-state index in [-0.39, 0.29) is 0 Å². The summed E-state index contributed by atoms with van der Waals surface area (Å²) in [5.74, 6) is 0.830. The summed E-state index contributed by atoms with van der Waals surface area (Å²) in [6.45, 7) is 0.735. The van der Waals surface area contributed by atoms with E-state index in [1.54, 1.807) is 7.11 Å². The van der Waals surface area contributed by atoms with Crippen LogP contribution in [0.5, 0.6) is 5.75 Å². The van der Waals surface area contributed by atoms with Crippen molar-refractivity contribution in [2.75, 3.05) is 7.11 Å². The Morgan fingerprint density at radius 2 is 1.95 bits per heavy atom. The second-order valence-electron chi connectivity index (χ2n) is 4.53. The Hall–Kier alpha value is -1.59. The number of hydrogen-bond donors (Lipinski definition) is 1. The van der Waals surface area contributed by atoms with Crippen molar-refractivity contribution in [2.24, 2.45) is 0 Å². The molecule has 1 aromatic heterocycles. The number of nitrogens with one attached hydrogen (secondary N) is 1. The number of rotatable bonds is 3. The number of fused-ring (bicyclic) bond motifs is 1.